The third-order valence-corrected chi connectivity index (χ3v) is 9.37. The van der Waals surface area contributed by atoms with E-state index in [0.717, 1.165) is 0 Å². The summed E-state index contributed by atoms with van der Waals surface area (Å²) >= 11 is -0.686. The fourth-order valence-corrected chi connectivity index (χ4v) is 7.75. The van der Waals surface area contributed by atoms with Gasteiger partial charge in [-0.1, -0.05) is 0 Å². The van der Waals surface area contributed by atoms with Crippen molar-refractivity contribution in [2.75, 3.05) is 0 Å². The summed E-state index contributed by atoms with van der Waals surface area (Å²) in [7, 11) is 0. The summed E-state index contributed by atoms with van der Waals surface area (Å²) in [6.45, 7) is 6.88. The van der Waals surface area contributed by atoms with Gasteiger partial charge in [0.05, 0.1) is 0 Å². The molecule has 0 fully saturated rings. The average molecular weight is 436 g/mol. The Bertz CT molecular complexity index is 400. The van der Waals surface area contributed by atoms with Gasteiger partial charge in [-0.05, 0) is 0 Å². The van der Waals surface area contributed by atoms with Crippen molar-refractivity contribution in [3.63, 3.8) is 0 Å². The monoisotopic (exact) mass is 436 g/mol. The third kappa shape index (κ3) is 3.94. The molecule has 0 radical (unpaired) electrons. The maximum Gasteiger partial charge on any atom is -1.00 e. The second-order valence-electron chi connectivity index (χ2n) is 4.32. The molecule has 2 aliphatic rings. The van der Waals surface area contributed by atoms with E-state index in [0.29, 0.717) is 0 Å². The van der Waals surface area contributed by atoms with E-state index in [2.05, 4.69) is 39.0 Å². The summed E-state index contributed by atoms with van der Waals surface area (Å²) < 4.78 is 3.59. The number of hydrogen-bond donors (Lipinski definition) is 0. The van der Waals surface area contributed by atoms with Crippen molar-refractivity contribution >= 4 is 0 Å². The minimum Gasteiger partial charge on any atom is -1.00 e. The van der Waals surface area contributed by atoms with Crippen molar-refractivity contribution in [2.24, 2.45) is 0 Å². The van der Waals surface area contributed by atoms with Gasteiger partial charge in [-0.2, -0.15) is 0 Å². The first-order valence-corrected chi connectivity index (χ1v) is 9.34. The Morgan fingerprint density at radius 1 is 1.18 bits per heavy atom. The first-order valence-electron chi connectivity index (χ1n) is 5.74. The predicted octanol–water partition coefficient (Wildman–Crippen LogP) is -1.68. The normalized spacial score (nSPS) is 17.7. The molecular formula is C14H18Cl2Hf. The molecule has 17 heavy (non-hydrogen) atoms. The second-order valence-corrected chi connectivity index (χ2v) is 9.32. The van der Waals surface area contributed by atoms with Crippen molar-refractivity contribution < 1.29 is 47.7 Å². The van der Waals surface area contributed by atoms with E-state index in [1.165, 1.54) is 19.3 Å². The topological polar surface area (TPSA) is 0 Å². The summed E-state index contributed by atoms with van der Waals surface area (Å²) in [5.41, 5.74) is 4.87. The van der Waals surface area contributed by atoms with Crippen LogP contribution in [0.15, 0.2) is 41.6 Å². The van der Waals surface area contributed by atoms with Crippen molar-refractivity contribution in [3.05, 3.63) is 41.6 Å². The van der Waals surface area contributed by atoms with Gasteiger partial charge in [0, 0.05) is 0 Å². The maximum atomic E-state index is 2.49. The molecule has 0 N–H and O–H groups in total. The molecule has 0 aromatic rings. The zero-order chi connectivity index (χ0) is 10.8. The number of rotatable bonds is 3. The van der Waals surface area contributed by atoms with Crippen LogP contribution in [0.4, 0.5) is 0 Å². The van der Waals surface area contributed by atoms with Crippen LogP contribution in [0.3, 0.4) is 0 Å². The fraction of sp³-hybridized carbons (Fsp3) is 0.429. The molecule has 0 aliphatic heterocycles. The molecule has 0 bridgehead atoms. The molecule has 0 aromatic carbocycles. The summed E-state index contributed by atoms with van der Waals surface area (Å²) in [5, 5.41) is 0. The molecule has 0 amide bonds. The maximum absolute atomic E-state index is 2.49. The van der Waals surface area contributed by atoms with E-state index in [1.807, 2.05) is 3.33 Å². The van der Waals surface area contributed by atoms with Crippen molar-refractivity contribution in [3.8, 4) is 0 Å². The van der Waals surface area contributed by atoms with Gasteiger partial charge in [-0.3, -0.25) is 0 Å². The molecule has 2 rings (SSSR count). The van der Waals surface area contributed by atoms with E-state index in [1.54, 1.807) is 20.0 Å². The molecule has 0 unspecified atom stereocenters. The Morgan fingerprint density at radius 3 is 2.41 bits per heavy atom. The van der Waals surface area contributed by atoms with E-state index in [9.17, 15) is 0 Å². The van der Waals surface area contributed by atoms with Crippen LogP contribution >= 0.6 is 0 Å². The quantitative estimate of drug-likeness (QED) is 0.465. The first kappa shape index (κ1) is 17.4. The van der Waals surface area contributed by atoms with Crippen molar-refractivity contribution in [2.45, 2.75) is 40.0 Å². The van der Waals surface area contributed by atoms with E-state index in [-0.39, 0.29) is 24.8 Å². The summed E-state index contributed by atoms with van der Waals surface area (Å²) in [6, 6.07) is 0. The van der Waals surface area contributed by atoms with E-state index < -0.39 is 22.9 Å². The van der Waals surface area contributed by atoms with Gasteiger partial charge in [0.1, 0.15) is 0 Å². The number of hydrogen-bond acceptors (Lipinski definition) is 0. The smallest absolute Gasteiger partial charge is 1.00 e. The standard InChI is InChI=1S/2C7H9.2ClH.Hf/c1-6-4-3-5-7(6)2;1-2-7-5-3-4-6-7;;;/h3H,4H2,1-2H3;3,5H,2,4H2,1H3;2*1H;/q;;;;+2/p-2. The third-order valence-electron chi connectivity index (χ3n) is 3.35. The molecule has 0 atom stereocenters. The SMILES string of the molecule is CCC1=[C]([Hf+2][C]2=CCC(C)=C2C)CC=C1.[Cl-].[Cl-]. The molecule has 2 aliphatic carbocycles. The molecule has 3 heteroatoms. The average Bonchev–Trinajstić information content (AvgIpc) is 2.80. The van der Waals surface area contributed by atoms with Crippen LogP contribution in [0.25, 0.3) is 0 Å². The zero-order valence-corrected chi connectivity index (χ0v) is 15.7. The van der Waals surface area contributed by atoms with Crippen LogP contribution in [-0.4, -0.2) is 0 Å². The zero-order valence-electron chi connectivity index (χ0n) is 10.6. The molecule has 0 aromatic heterocycles. The van der Waals surface area contributed by atoms with Crippen LogP contribution in [0.2, 0.25) is 0 Å². The first-order chi connectivity index (χ1) is 7.22. The largest absolute Gasteiger partial charge is 1.00 e. The molecular weight excluding hydrogens is 418 g/mol. The molecule has 0 nitrogen and oxygen atoms in total. The van der Waals surface area contributed by atoms with Crippen LogP contribution in [0.5, 0.6) is 0 Å². The van der Waals surface area contributed by atoms with Gasteiger partial charge in [-0.15, -0.1) is 0 Å². The Hall–Kier alpha value is 0.410. The van der Waals surface area contributed by atoms with Crippen LogP contribution in [0.1, 0.15) is 40.0 Å². The summed E-state index contributed by atoms with van der Waals surface area (Å²) in [5.74, 6) is 0. The summed E-state index contributed by atoms with van der Waals surface area (Å²) in [6.07, 6.45) is 10.9. The van der Waals surface area contributed by atoms with Crippen LogP contribution in [0, 0.1) is 0 Å². The molecule has 0 saturated carbocycles. The van der Waals surface area contributed by atoms with Gasteiger partial charge < -0.3 is 24.8 Å². The Morgan fingerprint density at radius 2 is 1.88 bits per heavy atom. The van der Waals surface area contributed by atoms with E-state index in [4.69, 9.17) is 0 Å². The van der Waals surface area contributed by atoms with Gasteiger partial charge in [0.25, 0.3) is 0 Å². The van der Waals surface area contributed by atoms with Gasteiger partial charge >= 0.3 is 105 Å². The van der Waals surface area contributed by atoms with Gasteiger partial charge in [0.15, 0.2) is 0 Å². The van der Waals surface area contributed by atoms with Crippen molar-refractivity contribution in [1.82, 2.24) is 0 Å². The van der Waals surface area contributed by atoms with Crippen molar-refractivity contribution in [1.29, 1.82) is 0 Å². The Labute approximate surface area is 129 Å². The fourth-order valence-electron chi connectivity index (χ4n) is 2.11. The van der Waals surface area contributed by atoms with Crippen LogP contribution < -0.4 is 24.8 Å². The summed E-state index contributed by atoms with van der Waals surface area (Å²) in [4.78, 5) is 0. The minimum atomic E-state index is -0.686. The Balaban J connectivity index is 0.00000128. The van der Waals surface area contributed by atoms with Gasteiger partial charge in [-0.25, -0.2) is 0 Å². The van der Waals surface area contributed by atoms with Gasteiger partial charge in [0.2, 0.25) is 0 Å². The van der Waals surface area contributed by atoms with Crippen LogP contribution in [-0.2, 0) is 22.9 Å². The second kappa shape index (κ2) is 7.76. The Kier molecular flexibility index (Phi) is 7.95. The minimum absolute atomic E-state index is 0. The molecule has 0 heterocycles. The van der Waals surface area contributed by atoms with E-state index >= 15 is 0 Å². The predicted molar refractivity (Wildman–Crippen MR) is 62.1 cm³/mol. The molecule has 0 spiro atoms. The number of allylic oxidation sites excluding steroid dienone is 8. The molecule has 92 valence electrons. The number of halogens is 2. The molecule has 0 saturated heterocycles.